The Hall–Kier alpha value is -3.87. The molecule has 0 fully saturated rings. The number of methoxy groups -OCH3 is 2. The van der Waals surface area contributed by atoms with Crippen molar-refractivity contribution in [1.82, 2.24) is 4.98 Å². The van der Waals surface area contributed by atoms with Crippen LogP contribution < -0.4 is 15.4 Å². The lowest BCUT2D eigenvalue weighted by atomic mass is 10.1. The highest BCUT2D eigenvalue weighted by Crippen LogP contribution is 2.23. The van der Waals surface area contributed by atoms with Gasteiger partial charge in [-0.05, 0) is 36.8 Å². The zero-order valence-electron chi connectivity index (χ0n) is 19.0. The highest BCUT2D eigenvalue weighted by Gasteiger charge is 2.11. The van der Waals surface area contributed by atoms with E-state index in [9.17, 15) is 9.59 Å². The number of allylic oxidation sites excluding steroid dienone is 1. The van der Waals surface area contributed by atoms with Gasteiger partial charge in [0, 0.05) is 35.7 Å². The summed E-state index contributed by atoms with van der Waals surface area (Å²) in [6, 6.07) is 17.6. The van der Waals surface area contributed by atoms with Crippen molar-refractivity contribution >= 4 is 34.0 Å². The zero-order chi connectivity index (χ0) is 23.5. The molecule has 0 saturated carbocycles. The number of nitrogens with one attached hydrogen (secondary N) is 2. The summed E-state index contributed by atoms with van der Waals surface area (Å²) in [5.74, 6) is 0.0521. The molecule has 0 radical (unpaired) electrons. The summed E-state index contributed by atoms with van der Waals surface area (Å²) in [6.45, 7) is 0.362. The SMILES string of the molecule is COC(=O)CCCCC=C(CNc1cccc2ccccc12)C(=O)Nc1ccc(OC)nc1. The summed E-state index contributed by atoms with van der Waals surface area (Å²) < 4.78 is 9.75. The maximum absolute atomic E-state index is 13.0. The fourth-order valence-electron chi connectivity index (χ4n) is 3.39. The number of ether oxygens (including phenoxy) is 2. The molecule has 1 aromatic heterocycles. The molecule has 0 bridgehead atoms. The number of carbonyl (C=O) groups excluding carboxylic acids is 2. The van der Waals surface area contributed by atoms with Gasteiger partial charge < -0.3 is 20.1 Å². The van der Waals surface area contributed by atoms with Crippen molar-refractivity contribution < 1.29 is 19.1 Å². The average molecular weight is 448 g/mol. The fraction of sp³-hybridized carbons (Fsp3) is 0.269. The number of unbranched alkanes of at least 4 members (excludes halogenated alkanes) is 2. The summed E-state index contributed by atoms with van der Waals surface area (Å²) >= 11 is 0. The molecular formula is C26H29N3O4. The molecule has 0 aliphatic heterocycles. The van der Waals surface area contributed by atoms with Gasteiger partial charge in [-0.25, -0.2) is 4.98 Å². The van der Waals surface area contributed by atoms with E-state index in [1.807, 2.05) is 30.3 Å². The number of hydrogen-bond donors (Lipinski definition) is 2. The van der Waals surface area contributed by atoms with Crippen LogP contribution in [-0.2, 0) is 14.3 Å². The first-order chi connectivity index (χ1) is 16.1. The molecule has 172 valence electrons. The first kappa shape index (κ1) is 23.8. The number of esters is 1. The molecule has 7 nitrogen and oxygen atoms in total. The Morgan fingerprint density at radius 2 is 1.82 bits per heavy atom. The van der Waals surface area contributed by atoms with E-state index in [-0.39, 0.29) is 11.9 Å². The summed E-state index contributed by atoms with van der Waals surface area (Å²) in [4.78, 5) is 28.5. The van der Waals surface area contributed by atoms with Crippen LogP contribution >= 0.6 is 0 Å². The lowest BCUT2D eigenvalue weighted by molar-refractivity contribution is -0.140. The number of nitrogens with zero attached hydrogens (tertiary/aromatic N) is 1. The van der Waals surface area contributed by atoms with E-state index in [2.05, 4.69) is 38.6 Å². The highest BCUT2D eigenvalue weighted by atomic mass is 16.5. The standard InChI is InChI=1S/C26H29N3O4/c1-32-24-16-15-21(18-28-24)29-26(31)20(10-4-3-5-14-25(30)33-2)17-27-23-13-8-11-19-9-6-7-12-22(19)23/h6-13,15-16,18,27H,3-5,14,17H2,1-2H3,(H,29,31). The van der Waals surface area contributed by atoms with Gasteiger partial charge in [-0.1, -0.05) is 42.5 Å². The Morgan fingerprint density at radius 1 is 1.00 bits per heavy atom. The number of aromatic nitrogens is 1. The van der Waals surface area contributed by atoms with E-state index in [1.54, 1.807) is 25.4 Å². The minimum Gasteiger partial charge on any atom is -0.481 e. The number of anilines is 2. The first-order valence-corrected chi connectivity index (χ1v) is 10.9. The van der Waals surface area contributed by atoms with Gasteiger partial charge in [0.1, 0.15) is 0 Å². The van der Waals surface area contributed by atoms with Gasteiger partial charge in [-0.2, -0.15) is 0 Å². The molecule has 0 aliphatic rings. The molecule has 0 spiro atoms. The Labute approximate surface area is 193 Å². The predicted octanol–water partition coefficient (Wildman–Crippen LogP) is 4.95. The molecular weight excluding hydrogens is 418 g/mol. The second-order valence-electron chi connectivity index (χ2n) is 7.47. The molecule has 1 heterocycles. The second-order valence-corrected chi connectivity index (χ2v) is 7.47. The third-order valence-electron chi connectivity index (χ3n) is 5.21. The van der Waals surface area contributed by atoms with Crippen LogP contribution in [0.25, 0.3) is 10.8 Å². The number of benzene rings is 2. The van der Waals surface area contributed by atoms with Crippen molar-refractivity contribution in [2.45, 2.75) is 25.7 Å². The minimum absolute atomic E-state index is 0.206. The third kappa shape index (κ3) is 7.07. The summed E-state index contributed by atoms with van der Waals surface area (Å²) in [7, 11) is 2.93. The predicted molar refractivity (Wildman–Crippen MR) is 130 cm³/mol. The smallest absolute Gasteiger partial charge is 0.305 e. The molecule has 1 amide bonds. The first-order valence-electron chi connectivity index (χ1n) is 10.9. The van der Waals surface area contributed by atoms with Gasteiger partial charge in [-0.15, -0.1) is 0 Å². The number of pyridine rings is 1. The Balaban J connectivity index is 1.70. The molecule has 0 saturated heterocycles. The van der Waals surface area contributed by atoms with E-state index >= 15 is 0 Å². The number of carbonyl (C=O) groups is 2. The minimum atomic E-state index is -0.221. The van der Waals surface area contributed by atoms with Gasteiger partial charge in [0.15, 0.2) is 0 Å². The van der Waals surface area contributed by atoms with Crippen LogP contribution in [0.5, 0.6) is 5.88 Å². The van der Waals surface area contributed by atoms with Crippen LogP contribution in [0.15, 0.2) is 72.4 Å². The normalized spacial score (nSPS) is 11.2. The van der Waals surface area contributed by atoms with E-state index in [0.717, 1.165) is 22.9 Å². The molecule has 2 N–H and O–H groups in total. The molecule has 0 atom stereocenters. The Kier molecular flexibility index (Phi) is 8.82. The number of rotatable bonds is 11. The zero-order valence-corrected chi connectivity index (χ0v) is 19.0. The monoisotopic (exact) mass is 447 g/mol. The van der Waals surface area contributed by atoms with Crippen molar-refractivity contribution in [2.24, 2.45) is 0 Å². The van der Waals surface area contributed by atoms with Crippen LogP contribution in [0.2, 0.25) is 0 Å². The average Bonchev–Trinajstić information content (AvgIpc) is 2.85. The van der Waals surface area contributed by atoms with Gasteiger partial charge in [-0.3, -0.25) is 9.59 Å². The lowest BCUT2D eigenvalue weighted by Gasteiger charge is -2.13. The number of hydrogen-bond acceptors (Lipinski definition) is 6. The number of fused-ring (bicyclic) bond motifs is 1. The Bertz CT molecular complexity index is 1100. The van der Waals surface area contributed by atoms with Crippen molar-refractivity contribution in [3.05, 3.63) is 72.4 Å². The van der Waals surface area contributed by atoms with Crippen LogP contribution in [0.4, 0.5) is 11.4 Å². The molecule has 2 aromatic carbocycles. The fourth-order valence-corrected chi connectivity index (χ4v) is 3.39. The maximum atomic E-state index is 13.0. The maximum Gasteiger partial charge on any atom is 0.305 e. The molecule has 0 aliphatic carbocycles. The van der Waals surface area contributed by atoms with Crippen LogP contribution in [0, 0.1) is 0 Å². The largest absolute Gasteiger partial charge is 0.481 e. The van der Waals surface area contributed by atoms with Gasteiger partial charge in [0.05, 0.1) is 26.1 Å². The summed E-state index contributed by atoms with van der Waals surface area (Å²) in [6.07, 6.45) is 6.02. The molecule has 7 heteroatoms. The van der Waals surface area contributed by atoms with Crippen LogP contribution in [0.3, 0.4) is 0 Å². The van der Waals surface area contributed by atoms with Gasteiger partial charge in [0.2, 0.25) is 5.88 Å². The summed E-state index contributed by atoms with van der Waals surface area (Å²) in [5, 5.41) is 8.52. The van der Waals surface area contributed by atoms with E-state index in [4.69, 9.17) is 4.74 Å². The quantitative estimate of drug-likeness (QED) is 0.245. The van der Waals surface area contributed by atoms with Crippen molar-refractivity contribution in [1.29, 1.82) is 0 Å². The second kappa shape index (κ2) is 12.2. The van der Waals surface area contributed by atoms with E-state index in [0.29, 0.717) is 42.9 Å². The van der Waals surface area contributed by atoms with Crippen LogP contribution in [0.1, 0.15) is 25.7 Å². The summed E-state index contributed by atoms with van der Waals surface area (Å²) in [5.41, 5.74) is 2.16. The van der Waals surface area contributed by atoms with Gasteiger partial charge >= 0.3 is 5.97 Å². The molecule has 3 rings (SSSR count). The van der Waals surface area contributed by atoms with Crippen molar-refractivity contribution in [3.8, 4) is 5.88 Å². The van der Waals surface area contributed by atoms with E-state index < -0.39 is 0 Å². The van der Waals surface area contributed by atoms with Crippen molar-refractivity contribution in [2.75, 3.05) is 31.4 Å². The van der Waals surface area contributed by atoms with Gasteiger partial charge in [0.25, 0.3) is 5.91 Å². The number of amides is 1. The van der Waals surface area contributed by atoms with Crippen LogP contribution in [-0.4, -0.2) is 37.6 Å². The molecule has 3 aromatic rings. The lowest BCUT2D eigenvalue weighted by Crippen LogP contribution is -2.20. The van der Waals surface area contributed by atoms with Crippen molar-refractivity contribution in [3.63, 3.8) is 0 Å². The van der Waals surface area contributed by atoms with E-state index in [1.165, 1.54) is 7.11 Å². The highest BCUT2D eigenvalue weighted by molar-refractivity contribution is 6.04. The third-order valence-corrected chi connectivity index (χ3v) is 5.21. The Morgan fingerprint density at radius 3 is 2.58 bits per heavy atom. The molecule has 0 unspecified atom stereocenters. The topological polar surface area (TPSA) is 89.5 Å². The molecule has 33 heavy (non-hydrogen) atoms.